The van der Waals surface area contributed by atoms with E-state index in [9.17, 15) is 4.79 Å². The zero-order valence-corrected chi connectivity index (χ0v) is 11.4. The fraction of sp³-hybridized carbons (Fsp3) is 0.909. The molecular formula is C11H22O3Si. The first-order valence-corrected chi connectivity index (χ1v) is 8.43. The van der Waals surface area contributed by atoms with Gasteiger partial charge in [0.25, 0.3) is 0 Å². The lowest BCUT2D eigenvalue weighted by atomic mass is 10.1. The van der Waals surface area contributed by atoms with Crippen LogP contribution < -0.4 is 0 Å². The number of esters is 1. The molecule has 0 bridgehead atoms. The fourth-order valence-corrected chi connectivity index (χ4v) is 2.30. The van der Waals surface area contributed by atoms with Crippen molar-refractivity contribution >= 4 is 14.3 Å². The normalized spacial score (nSPS) is 23.0. The van der Waals surface area contributed by atoms with Gasteiger partial charge in [0, 0.05) is 12.5 Å². The SMILES string of the molecule is CC(C)(C)[Si](C)(C)OC[C@H]1COC(=O)C1. The van der Waals surface area contributed by atoms with Crippen LogP contribution in [0.2, 0.25) is 18.1 Å². The van der Waals surface area contributed by atoms with Crippen molar-refractivity contribution in [3.63, 3.8) is 0 Å². The number of cyclic esters (lactones) is 1. The van der Waals surface area contributed by atoms with Crippen LogP contribution in [0.15, 0.2) is 0 Å². The number of carbonyl (C=O) groups is 1. The Bertz CT molecular complexity index is 243. The van der Waals surface area contributed by atoms with Crippen LogP contribution in [0.1, 0.15) is 27.2 Å². The predicted octanol–water partition coefficient (Wildman–Crippen LogP) is 2.57. The van der Waals surface area contributed by atoms with E-state index in [1.807, 2.05) is 0 Å². The van der Waals surface area contributed by atoms with E-state index in [1.54, 1.807) is 0 Å². The number of hydrogen-bond donors (Lipinski definition) is 0. The van der Waals surface area contributed by atoms with Crippen molar-refractivity contribution in [2.45, 2.75) is 45.3 Å². The van der Waals surface area contributed by atoms with E-state index >= 15 is 0 Å². The molecule has 0 aromatic carbocycles. The first-order chi connectivity index (χ1) is 6.72. The maximum absolute atomic E-state index is 10.9. The average molecular weight is 230 g/mol. The molecule has 1 saturated heterocycles. The Hall–Kier alpha value is -0.353. The number of hydrogen-bond acceptors (Lipinski definition) is 3. The van der Waals surface area contributed by atoms with Crippen molar-refractivity contribution in [1.82, 2.24) is 0 Å². The van der Waals surface area contributed by atoms with Gasteiger partial charge in [0.15, 0.2) is 8.32 Å². The van der Waals surface area contributed by atoms with Crippen molar-refractivity contribution in [1.29, 1.82) is 0 Å². The van der Waals surface area contributed by atoms with E-state index in [1.165, 1.54) is 0 Å². The highest BCUT2D eigenvalue weighted by Crippen LogP contribution is 2.37. The fourth-order valence-electron chi connectivity index (χ4n) is 1.21. The Morgan fingerprint density at radius 2 is 2.07 bits per heavy atom. The van der Waals surface area contributed by atoms with Crippen molar-refractivity contribution in [3.05, 3.63) is 0 Å². The molecule has 1 aliphatic heterocycles. The molecule has 15 heavy (non-hydrogen) atoms. The van der Waals surface area contributed by atoms with E-state index in [0.717, 1.165) is 0 Å². The van der Waals surface area contributed by atoms with E-state index in [-0.39, 0.29) is 16.9 Å². The van der Waals surface area contributed by atoms with Crippen molar-refractivity contribution in [3.8, 4) is 0 Å². The second-order valence-corrected chi connectivity index (χ2v) is 10.6. The van der Waals surface area contributed by atoms with E-state index in [2.05, 4.69) is 33.9 Å². The third-order valence-electron chi connectivity index (χ3n) is 3.42. The van der Waals surface area contributed by atoms with Gasteiger partial charge in [-0.05, 0) is 18.1 Å². The number of rotatable bonds is 3. The molecule has 3 nitrogen and oxygen atoms in total. The number of carbonyl (C=O) groups excluding carboxylic acids is 1. The van der Waals surface area contributed by atoms with Crippen LogP contribution in [0.3, 0.4) is 0 Å². The van der Waals surface area contributed by atoms with Gasteiger partial charge in [-0.3, -0.25) is 4.79 Å². The molecule has 4 heteroatoms. The smallest absolute Gasteiger partial charge is 0.306 e. The Kier molecular flexibility index (Phi) is 3.61. The Labute approximate surface area is 93.3 Å². The van der Waals surface area contributed by atoms with Crippen LogP contribution in [0, 0.1) is 5.92 Å². The molecule has 1 aliphatic rings. The van der Waals surface area contributed by atoms with Crippen LogP contribution in [0.5, 0.6) is 0 Å². The molecule has 0 aliphatic carbocycles. The van der Waals surface area contributed by atoms with Gasteiger partial charge < -0.3 is 9.16 Å². The summed E-state index contributed by atoms with van der Waals surface area (Å²) in [7, 11) is -1.66. The van der Waals surface area contributed by atoms with Crippen molar-refractivity contribution in [2.75, 3.05) is 13.2 Å². The van der Waals surface area contributed by atoms with Crippen molar-refractivity contribution in [2.24, 2.45) is 5.92 Å². The van der Waals surface area contributed by atoms with Gasteiger partial charge >= 0.3 is 5.97 Å². The highest BCUT2D eigenvalue weighted by molar-refractivity contribution is 6.74. The molecule has 0 spiro atoms. The minimum absolute atomic E-state index is 0.0844. The van der Waals surface area contributed by atoms with Gasteiger partial charge in [0.1, 0.15) is 0 Å². The van der Waals surface area contributed by atoms with Gasteiger partial charge in [0.05, 0.1) is 13.0 Å². The second kappa shape index (κ2) is 4.26. The van der Waals surface area contributed by atoms with Crippen LogP contribution in [0.25, 0.3) is 0 Å². The van der Waals surface area contributed by atoms with E-state index in [4.69, 9.17) is 9.16 Å². The van der Waals surface area contributed by atoms with Gasteiger partial charge in [-0.15, -0.1) is 0 Å². The highest BCUT2D eigenvalue weighted by Gasteiger charge is 2.38. The lowest BCUT2D eigenvalue weighted by Crippen LogP contribution is -2.42. The topological polar surface area (TPSA) is 35.5 Å². The molecule has 0 amide bonds. The summed E-state index contributed by atoms with van der Waals surface area (Å²) in [5.41, 5.74) is 0. The quantitative estimate of drug-likeness (QED) is 0.552. The van der Waals surface area contributed by atoms with Crippen LogP contribution in [-0.2, 0) is 14.0 Å². The van der Waals surface area contributed by atoms with Gasteiger partial charge in [-0.1, -0.05) is 20.8 Å². The molecule has 0 aromatic rings. The summed E-state index contributed by atoms with van der Waals surface area (Å²) in [6.45, 7) is 12.3. The highest BCUT2D eigenvalue weighted by atomic mass is 28.4. The Balaban J connectivity index is 2.40. The molecular weight excluding hydrogens is 208 g/mol. The summed E-state index contributed by atoms with van der Waals surface area (Å²) in [4.78, 5) is 10.9. The molecule has 1 rings (SSSR count). The Morgan fingerprint density at radius 1 is 1.47 bits per heavy atom. The molecule has 0 N–H and O–H groups in total. The van der Waals surface area contributed by atoms with Crippen LogP contribution >= 0.6 is 0 Å². The maximum Gasteiger partial charge on any atom is 0.306 e. The summed E-state index contributed by atoms with van der Waals surface area (Å²) in [6.07, 6.45) is 0.522. The summed E-state index contributed by atoms with van der Waals surface area (Å²) in [5.74, 6) is 0.186. The summed E-state index contributed by atoms with van der Waals surface area (Å²) in [5, 5.41) is 0.233. The molecule has 0 radical (unpaired) electrons. The van der Waals surface area contributed by atoms with Gasteiger partial charge in [-0.25, -0.2) is 0 Å². The molecule has 1 fully saturated rings. The van der Waals surface area contributed by atoms with E-state index < -0.39 is 8.32 Å². The maximum atomic E-state index is 10.9. The minimum atomic E-state index is -1.66. The minimum Gasteiger partial charge on any atom is -0.465 e. The standard InChI is InChI=1S/C11H22O3Si/c1-11(2,3)15(4,5)14-8-9-6-10(12)13-7-9/h9H,6-8H2,1-5H3/t9-/m1/s1. The predicted molar refractivity (Wildman–Crippen MR) is 62.2 cm³/mol. The largest absolute Gasteiger partial charge is 0.465 e. The van der Waals surface area contributed by atoms with Crippen LogP contribution in [-0.4, -0.2) is 27.5 Å². The summed E-state index contributed by atoms with van der Waals surface area (Å²) >= 11 is 0. The molecule has 1 heterocycles. The lowest BCUT2D eigenvalue weighted by Gasteiger charge is -2.36. The molecule has 88 valence electrons. The third kappa shape index (κ3) is 3.31. The molecule has 0 unspecified atom stereocenters. The lowest BCUT2D eigenvalue weighted by molar-refractivity contribution is -0.137. The monoisotopic (exact) mass is 230 g/mol. The summed E-state index contributed by atoms with van der Waals surface area (Å²) < 4.78 is 10.9. The zero-order chi connectivity index (χ0) is 11.7. The first kappa shape index (κ1) is 12.7. The summed E-state index contributed by atoms with van der Waals surface area (Å²) in [6, 6.07) is 0. The molecule has 1 atom stereocenters. The average Bonchev–Trinajstić information content (AvgIpc) is 2.46. The van der Waals surface area contributed by atoms with Gasteiger partial charge in [-0.2, -0.15) is 0 Å². The zero-order valence-electron chi connectivity index (χ0n) is 10.4. The molecule has 0 saturated carbocycles. The van der Waals surface area contributed by atoms with Crippen LogP contribution in [0.4, 0.5) is 0 Å². The Morgan fingerprint density at radius 3 is 2.47 bits per heavy atom. The third-order valence-corrected chi connectivity index (χ3v) is 7.92. The van der Waals surface area contributed by atoms with Gasteiger partial charge in [0.2, 0.25) is 0 Å². The number of ether oxygens (including phenoxy) is 1. The first-order valence-electron chi connectivity index (χ1n) is 5.52. The molecule has 0 aromatic heterocycles. The second-order valence-electron chi connectivity index (χ2n) is 5.82. The van der Waals surface area contributed by atoms with E-state index in [0.29, 0.717) is 19.6 Å². The van der Waals surface area contributed by atoms with Crippen molar-refractivity contribution < 1.29 is 14.0 Å².